The van der Waals surface area contributed by atoms with Crippen molar-refractivity contribution in [3.63, 3.8) is 0 Å². The van der Waals surface area contributed by atoms with Gasteiger partial charge in [0.05, 0.1) is 16.8 Å². The van der Waals surface area contributed by atoms with Crippen molar-refractivity contribution < 1.29 is 19.1 Å². The zero-order chi connectivity index (χ0) is 17.0. The fourth-order valence-electron chi connectivity index (χ4n) is 1.84. The van der Waals surface area contributed by atoms with Gasteiger partial charge in [0.2, 0.25) is 0 Å². The van der Waals surface area contributed by atoms with Crippen molar-refractivity contribution in [3.05, 3.63) is 24.3 Å². The minimum Gasteiger partial charge on any atom is -0.465 e. The van der Waals surface area contributed by atoms with Crippen LogP contribution >= 0.6 is 11.3 Å². The van der Waals surface area contributed by atoms with Gasteiger partial charge in [-0.2, -0.15) is 0 Å². The lowest BCUT2D eigenvalue weighted by atomic mass is 10.2. The molecule has 0 aliphatic heterocycles. The number of ether oxygens (including phenoxy) is 2. The fraction of sp³-hybridized carbons (Fsp3) is 0.438. The van der Waals surface area contributed by atoms with E-state index in [0.29, 0.717) is 5.13 Å². The first-order valence-corrected chi connectivity index (χ1v) is 8.13. The Balaban J connectivity index is 2.31. The van der Waals surface area contributed by atoms with Gasteiger partial charge in [0.25, 0.3) is 0 Å². The molecular formula is C16H20N2O4S. The number of nitrogens with zero attached hydrogens (tertiary/aromatic N) is 2. The lowest BCUT2D eigenvalue weighted by molar-refractivity contribution is -0.141. The van der Waals surface area contributed by atoms with Crippen molar-refractivity contribution in [1.29, 1.82) is 0 Å². The lowest BCUT2D eigenvalue weighted by Crippen LogP contribution is -2.40. The summed E-state index contributed by atoms with van der Waals surface area (Å²) in [7, 11) is 0. The number of para-hydroxylation sites is 1. The number of esters is 1. The summed E-state index contributed by atoms with van der Waals surface area (Å²) < 4.78 is 11.2. The minimum atomic E-state index is -0.666. The van der Waals surface area contributed by atoms with Crippen molar-refractivity contribution in [2.45, 2.75) is 33.3 Å². The third-order valence-corrected chi connectivity index (χ3v) is 3.78. The van der Waals surface area contributed by atoms with Gasteiger partial charge in [-0.15, -0.1) is 0 Å². The molecule has 0 fully saturated rings. The summed E-state index contributed by atoms with van der Waals surface area (Å²) in [6, 6.07) is 7.53. The molecule has 2 rings (SSSR count). The average Bonchev–Trinajstić information content (AvgIpc) is 2.86. The van der Waals surface area contributed by atoms with Crippen LogP contribution in [0.15, 0.2) is 24.3 Å². The van der Waals surface area contributed by atoms with E-state index in [4.69, 9.17) is 9.47 Å². The number of hydrogen-bond donors (Lipinski definition) is 0. The minimum absolute atomic E-state index is 0.234. The van der Waals surface area contributed by atoms with E-state index in [1.54, 1.807) is 27.7 Å². The van der Waals surface area contributed by atoms with E-state index in [1.165, 1.54) is 16.2 Å². The molecule has 1 amide bonds. The second-order valence-electron chi connectivity index (χ2n) is 5.84. The molecule has 23 heavy (non-hydrogen) atoms. The maximum Gasteiger partial charge on any atom is 0.417 e. The van der Waals surface area contributed by atoms with Crippen LogP contribution in [0, 0.1) is 0 Å². The molecule has 6 nitrogen and oxygen atoms in total. The number of rotatable bonds is 4. The second kappa shape index (κ2) is 6.95. The number of hydrogen-bond acceptors (Lipinski definition) is 6. The summed E-state index contributed by atoms with van der Waals surface area (Å²) in [5.41, 5.74) is 0.102. The van der Waals surface area contributed by atoms with E-state index in [2.05, 4.69) is 4.98 Å². The topological polar surface area (TPSA) is 68.7 Å². The van der Waals surface area contributed by atoms with E-state index < -0.39 is 17.7 Å². The molecule has 1 heterocycles. The SMILES string of the molecule is CCOC(=O)CN(C(=O)OC(C)(C)C)c1nc2ccccc2s1. The summed E-state index contributed by atoms with van der Waals surface area (Å²) in [6.07, 6.45) is -0.621. The van der Waals surface area contributed by atoms with E-state index in [1.807, 2.05) is 24.3 Å². The highest BCUT2D eigenvalue weighted by Gasteiger charge is 2.28. The van der Waals surface area contributed by atoms with Gasteiger partial charge in [-0.1, -0.05) is 23.5 Å². The molecule has 0 radical (unpaired) electrons. The third kappa shape index (κ3) is 4.66. The Kier molecular flexibility index (Phi) is 5.20. The molecule has 1 aromatic heterocycles. The highest BCUT2D eigenvalue weighted by Crippen LogP contribution is 2.29. The number of benzene rings is 1. The Morgan fingerprint density at radius 1 is 1.26 bits per heavy atom. The smallest absolute Gasteiger partial charge is 0.417 e. The molecule has 0 saturated carbocycles. The number of aromatic nitrogens is 1. The van der Waals surface area contributed by atoms with Gasteiger partial charge >= 0.3 is 12.1 Å². The van der Waals surface area contributed by atoms with Gasteiger partial charge in [-0.05, 0) is 39.8 Å². The summed E-state index contributed by atoms with van der Waals surface area (Å²) in [4.78, 5) is 29.9. The first-order valence-electron chi connectivity index (χ1n) is 7.32. The van der Waals surface area contributed by atoms with Gasteiger partial charge in [0.1, 0.15) is 12.1 Å². The van der Waals surface area contributed by atoms with Crippen molar-refractivity contribution in [3.8, 4) is 0 Å². The zero-order valence-electron chi connectivity index (χ0n) is 13.7. The molecule has 0 bridgehead atoms. The van der Waals surface area contributed by atoms with Gasteiger partial charge in [0.15, 0.2) is 5.13 Å². The molecule has 0 aliphatic rings. The summed E-state index contributed by atoms with van der Waals surface area (Å²) >= 11 is 1.33. The largest absolute Gasteiger partial charge is 0.465 e. The summed E-state index contributed by atoms with van der Waals surface area (Å²) in [6.45, 7) is 7.04. The maximum absolute atomic E-state index is 12.4. The van der Waals surface area contributed by atoms with Crippen LogP contribution in [0.3, 0.4) is 0 Å². The first kappa shape index (κ1) is 17.2. The second-order valence-corrected chi connectivity index (χ2v) is 6.84. The van der Waals surface area contributed by atoms with Crippen molar-refractivity contribution >= 4 is 38.7 Å². The van der Waals surface area contributed by atoms with Gasteiger partial charge < -0.3 is 9.47 Å². The first-order chi connectivity index (χ1) is 10.8. The monoisotopic (exact) mass is 336 g/mol. The Hall–Kier alpha value is -2.15. The van der Waals surface area contributed by atoms with Gasteiger partial charge in [-0.3, -0.25) is 4.79 Å². The molecule has 124 valence electrons. The van der Waals surface area contributed by atoms with Crippen LogP contribution in [0.25, 0.3) is 10.2 Å². The van der Waals surface area contributed by atoms with E-state index in [-0.39, 0.29) is 13.2 Å². The molecule has 0 spiro atoms. The van der Waals surface area contributed by atoms with Crippen LogP contribution in [0.5, 0.6) is 0 Å². The highest BCUT2D eigenvalue weighted by atomic mass is 32.1. The lowest BCUT2D eigenvalue weighted by Gasteiger charge is -2.25. The van der Waals surface area contributed by atoms with Crippen molar-refractivity contribution in [1.82, 2.24) is 4.98 Å². The molecule has 0 saturated heterocycles. The summed E-state index contributed by atoms with van der Waals surface area (Å²) in [5.74, 6) is -0.502. The third-order valence-electron chi connectivity index (χ3n) is 2.72. The van der Waals surface area contributed by atoms with Gasteiger partial charge in [-0.25, -0.2) is 14.7 Å². The normalized spacial score (nSPS) is 11.3. The Morgan fingerprint density at radius 3 is 2.57 bits per heavy atom. The number of carbonyl (C=O) groups is 2. The number of amides is 1. The average molecular weight is 336 g/mol. The number of thiazole rings is 1. The number of carbonyl (C=O) groups excluding carboxylic acids is 2. The zero-order valence-corrected chi connectivity index (χ0v) is 14.5. The van der Waals surface area contributed by atoms with E-state index in [0.717, 1.165) is 10.2 Å². The van der Waals surface area contributed by atoms with Crippen LogP contribution in [-0.4, -0.2) is 35.8 Å². The number of anilines is 1. The van der Waals surface area contributed by atoms with Crippen LogP contribution in [0.4, 0.5) is 9.93 Å². The van der Waals surface area contributed by atoms with Crippen LogP contribution in [-0.2, 0) is 14.3 Å². The Morgan fingerprint density at radius 2 is 1.96 bits per heavy atom. The van der Waals surface area contributed by atoms with Crippen molar-refractivity contribution in [2.75, 3.05) is 18.1 Å². The van der Waals surface area contributed by atoms with Gasteiger partial charge in [0, 0.05) is 0 Å². The molecule has 7 heteroatoms. The summed E-state index contributed by atoms with van der Waals surface area (Å²) in [5, 5.41) is 0.411. The highest BCUT2D eigenvalue weighted by molar-refractivity contribution is 7.22. The maximum atomic E-state index is 12.4. The van der Waals surface area contributed by atoms with E-state index >= 15 is 0 Å². The molecular weight excluding hydrogens is 316 g/mol. The molecule has 0 N–H and O–H groups in total. The van der Waals surface area contributed by atoms with Crippen LogP contribution < -0.4 is 4.90 Å². The van der Waals surface area contributed by atoms with Crippen LogP contribution in [0.1, 0.15) is 27.7 Å². The fourth-order valence-corrected chi connectivity index (χ4v) is 2.79. The molecule has 0 unspecified atom stereocenters. The standard InChI is InChI=1S/C16H20N2O4S/c1-5-21-13(19)10-18(15(20)22-16(2,3)4)14-17-11-8-6-7-9-12(11)23-14/h6-9H,5,10H2,1-4H3. The predicted molar refractivity (Wildman–Crippen MR) is 89.8 cm³/mol. The molecule has 2 aromatic rings. The van der Waals surface area contributed by atoms with Crippen LogP contribution in [0.2, 0.25) is 0 Å². The van der Waals surface area contributed by atoms with Crippen molar-refractivity contribution in [2.24, 2.45) is 0 Å². The Labute approximate surface area is 139 Å². The number of fused-ring (bicyclic) bond motifs is 1. The molecule has 1 aromatic carbocycles. The quantitative estimate of drug-likeness (QED) is 0.798. The van der Waals surface area contributed by atoms with E-state index in [9.17, 15) is 9.59 Å². The molecule has 0 atom stereocenters. The predicted octanol–water partition coefficient (Wildman–Crippen LogP) is 3.60. The Bertz CT molecular complexity index is 672. The molecule has 0 aliphatic carbocycles.